The number of hydrogen-bond acceptors (Lipinski definition) is 5. The number of Topliss-reactive ketones (excluding diaryl/α,β-unsaturated/α-hetero) is 2. The summed E-state index contributed by atoms with van der Waals surface area (Å²) in [6.07, 6.45) is 1.74. The summed E-state index contributed by atoms with van der Waals surface area (Å²) in [6, 6.07) is 17.9. The highest BCUT2D eigenvalue weighted by Crippen LogP contribution is 2.41. The molecule has 5 aromatic rings. The Kier molecular flexibility index (Phi) is 3.94. The first kappa shape index (κ1) is 18.5. The van der Waals surface area contributed by atoms with Crippen molar-refractivity contribution in [1.29, 1.82) is 0 Å². The molecule has 0 saturated carbocycles. The van der Waals surface area contributed by atoms with Gasteiger partial charge in [0.1, 0.15) is 11.3 Å². The second-order valence-electron chi connectivity index (χ2n) is 7.83. The highest BCUT2D eigenvalue weighted by molar-refractivity contribution is 7.29. The highest BCUT2D eigenvalue weighted by Gasteiger charge is 2.33. The maximum absolute atomic E-state index is 12.9. The van der Waals surface area contributed by atoms with E-state index in [1.54, 1.807) is 28.7 Å². The Hall–Kier alpha value is -3.28. The van der Waals surface area contributed by atoms with Crippen LogP contribution in [0.25, 0.3) is 37.1 Å². The first-order valence-electron chi connectivity index (χ1n) is 9.92. The van der Waals surface area contributed by atoms with Crippen LogP contribution in [-0.4, -0.2) is 11.6 Å². The molecule has 0 spiro atoms. The van der Waals surface area contributed by atoms with Gasteiger partial charge in [-0.1, -0.05) is 18.2 Å². The summed E-state index contributed by atoms with van der Waals surface area (Å²) in [5.41, 5.74) is 4.22. The number of carbonyl (C=O) groups is 2. The number of hydrogen-bond donors (Lipinski definition) is 0. The van der Waals surface area contributed by atoms with Gasteiger partial charge in [0, 0.05) is 30.8 Å². The molecule has 0 bridgehead atoms. The summed E-state index contributed by atoms with van der Waals surface area (Å²) in [5, 5.41) is 1.09. The normalized spacial score (nSPS) is 13.5. The standard InChI is InChI=1S/C26H16O3S2/c1-13-7-17-18(8-14(13)2)26(28)19(25(17)27)10-16-11-23-24(30-16)12-22(31-23)21-9-15-5-3-4-6-20(15)29-21/h3-12H,1-2H3. The first-order chi connectivity index (χ1) is 15.0. The van der Waals surface area contributed by atoms with Gasteiger partial charge in [-0.25, -0.2) is 0 Å². The van der Waals surface area contributed by atoms with E-state index in [4.69, 9.17) is 4.42 Å². The van der Waals surface area contributed by atoms with Crippen LogP contribution in [0.4, 0.5) is 0 Å². The number of para-hydroxylation sites is 1. The van der Waals surface area contributed by atoms with E-state index in [-0.39, 0.29) is 17.1 Å². The van der Waals surface area contributed by atoms with Gasteiger partial charge < -0.3 is 4.42 Å². The third kappa shape index (κ3) is 2.85. The van der Waals surface area contributed by atoms with Crippen LogP contribution in [0.1, 0.15) is 36.7 Å². The van der Waals surface area contributed by atoms with Crippen molar-refractivity contribution in [2.24, 2.45) is 0 Å². The van der Waals surface area contributed by atoms with Crippen molar-refractivity contribution in [1.82, 2.24) is 0 Å². The summed E-state index contributed by atoms with van der Waals surface area (Å²) < 4.78 is 8.23. The van der Waals surface area contributed by atoms with Crippen molar-refractivity contribution in [2.75, 3.05) is 0 Å². The number of fused-ring (bicyclic) bond motifs is 3. The molecule has 5 heteroatoms. The second kappa shape index (κ2) is 6.61. The number of furan rings is 1. The minimum absolute atomic E-state index is 0.178. The number of thiophene rings is 2. The molecule has 1 aliphatic rings. The van der Waals surface area contributed by atoms with Crippen molar-refractivity contribution >= 4 is 60.7 Å². The van der Waals surface area contributed by atoms with Crippen molar-refractivity contribution in [3.05, 3.63) is 87.3 Å². The lowest BCUT2D eigenvalue weighted by molar-refractivity contribution is 0.0990. The number of carbonyl (C=O) groups excluding carboxylic acids is 2. The molecule has 2 aromatic carbocycles. The van der Waals surface area contributed by atoms with Gasteiger partial charge in [0.2, 0.25) is 0 Å². The molecule has 6 rings (SSSR count). The molecule has 0 fully saturated rings. The van der Waals surface area contributed by atoms with Gasteiger partial charge in [-0.15, -0.1) is 22.7 Å². The molecule has 150 valence electrons. The molecule has 31 heavy (non-hydrogen) atoms. The molecule has 0 N–H and O–H groups in total. The fraction of sp³-hybridized carbons (Fsp3) is 0.0769. The Morgan fingerprint density at radius 3 is 2.16 bits per heavy atom. The van der Waals surface area contributed by atoms with Gasteiger partial charge in [0.25, 0.3) is 0 Å². The summed E-state index contributed by atoms with van der Waals surface area (Å²) in [4.78, 5) is 27.7. The predicted molar refractivity (Wildman–Crippen MR) is 127 cm³/mol. The molecule has 0 atom stereocenters. The smallest absolute Gasteiger partial charge is 0.197 e. The van der Waals surface area contributed by atoms with E-state index in [0.717, 1.165) is 47.0 Å². The van der Waals surface area contributed by atoms with E-state index in [9.17, 15) is 9.59 Å². The molecule has 0 aliphatic heterocycles. The fourth-order valence-electron chi connectivity index (χ4n) is 4.01. The molecule has 0 unspecified atom stereocenters. The SMILES string of the molecule is Cc1cc2c(cc1C)C(=O)C(=Cc1cc3sc(-c4cc5ccccc5o4)cc3s1)C2=O. The van der Waals surface area contributed by atoms with Gasteiger partial charge in [-0.3, -0.25) is 9.59 Å². The topological polar surface area (TPSA) is 47.3 Å². The quantitative estimate of drug-likeness (QED) is 0.211. The van der Waals surface area contributed by atoms with Crippen LogP contribution in [0.3, 0.4) is 0 Å². The summed E-state index contributed by atoms with van der Waals surface area (Å²) >= 11 is 3.24. The van der Waals surface area contributed by atoms with Crippen LogP contribution in [0.5, 0.6) is 0 Å². The van der Waals surface area contributed by atoms with E-state index in [1.165, 1.54) is 0 Å². The summed E-state index contributed by atoms with van der Waals surface area (Å²) in [5.74, 6) is 0.502. The van der Waals surface area contributed by atoms with Gasteiger partial charge in [0.05, 0.1) is 10.5 Å². The second-order valence-corrected chi connectivity index (χ2v) is 10.0. The molecule has 3 heterocycles. The number of rotatable bonds is 2. The van der Waals surface area contributed by atoms with Crippen molar-refractivity contribution in [3.63, 3.8) is 0 Å². The molecule has 3 nitrogen and oxygen atoms in total. The first-order valence-corrected chi connectivity index (χ1v) is 11.6. The molecule has 0 radical (unpaired) electrons. The van der Waals surface area contributed by atoms with E-state index >= 15 is 0 Å². The van der Waals surface area contributed by atoms with Crippen LogP contribution in [0, 0.1) is 13.8 Å². The lowest BCUT2D eigenvalue weighted by Gasteiger charge is -2.01. The molecule has 3 aromatic heterocycles. The van der Waals surface area contributed by atoms with Crippen LogP contribution in [-0.2, 0) is 0 Å². The monoisotopic (exact) mass is 440 g/mol. The molecular weight excluding hydrogens is 424 g/mol. The Labute approximate surface area is 186 Å². The average molecular weight is 441 g/mol. The van der Waals surface area contributed by atoms with Gasteiger partial charge in [-0.2, -0.15) is 0 Å². The highest BCUT2D eigenvalue weighted by atomic mass is 32.1. The van der Waals surface area contributed by atoms with Gasteiger partial charge >= 0.3 is 0 Å². The zero-order valence-corrected chi connectivity index (χ0v) is 18.4. The van der Waals surface area contributed by atoms with E-state index in [0.29, 0.717) is 11.1 Å². The average Bonchev–Trinajstić information content (AvgIpc) is 3.48. The lowest BCUT2D eigenvalue weighted by atomic mass is 10.0. The number of ketones is 2. The largest absolute Gasteiger partial charge is 0.455 e. The minimum atomic E-state index is -0.178. The minimum Gasteiger partial charge on any atom is -0.455 e. The third-order valence-corrected chi connectivity index (χ3v) is 8.05. The molecule has 1 aliphatic carbocycles. The van der Waals surface area contributed by atoms with Crippen molar-refractivity contribution < 1.29 is 14.0 Å². The zero-order chi connectivity index (χ0) is 21.3. The van der Waals surface area contributed by atoms with Crippen molar-refractivity contribution in [3.8, 4) is 10.6 Å². The molecule has 0 saturated heterocycles. The van der Waals surface area contributed by atoms with Gasteiger partial charge in [0.15, 0.2) is 11.6 Å². The maximum atomic E-state index is 12.9. The zero-order valence-electron chi connectivity index (χ0n) is 16.8. The third-order valence-electron chi connectivity index (χ3n) is 5.79. The van der Waals surface area contributed by atoms with Gasteiger partial charge in [-0.05, 0) is 67.4 Å². The summed E-state index contributed by atoms with van der Waals surface area (Å²) in [7, 11) is 0. The lowest BCUT2D eigenvalue weighted by Crippen LogP contribution is -1.99. The Bertz CT molecular complexity index is 1480. The van der Waals surface area contributed by atoms with E-state index < -0.39 is 0 Å². The van der Waals surface area contributed by atoms with Crippen molar-refractivity contribution in [2.45, 2.75) is 13.8 Å². The van der Waals surface area contributed by atoms with Crippen LogP contribution in [0.15, 0.2) is 64.6 Å². The molecular formula is C26H16O3S2. The summed E-state index contributed by atoms with van der Waals surface area (Å²) in [6.45, 7) is 3.92. The number of aryl methyl sites for hydroxylation is 2. The van der Waals surface area contributed by atoms with Crippen LogP contribution < -0.4 is 0 Å². The Morgan fingerprint density at radius 2 is 1.48 bits per heavy atom. The Morgan fingerprint density at radius 1 is 0.806 bits per heavy atom. The predicted octanol–water partition coefficient (Wildman–Crippen LogP) is 7.46. The van der Waals surface area contributed by atoms with Crippen LogP contribution in [0.2, 0.25) is 0 Å². The van der Waals surface area contributed by atoms with E-state index in [1.807, 2.05) is 56.3 Å². The van der Waals surface area contributed by atoms with Crippen LogP contribution >= 0.6 is 22.7 Å². The van der Waals surface area contributed by atoms with E-state index in [2.05, 4.69) is 12.1 Å². The number of allylic oxidation sites excluding steroid dienone is 1. The molecule has 0 amide bonds. The number of benzene rings is 2. The fourth-order valence-corrected chi connectivity index (χ4v) is 6.31. The maximum Gasteiger partial charge on any atom is 0.197 e. The Balaban J connectivity index is 1.37.